The number of nitrogens with one attached hydrogen (secondary N) is 2. The lowest BCUT2D eigenvalue weighted by molar-refractivity contribution is -0.121. The summed E-state index contributed by atoms with van der Waals surface area (Å²) in [4.78, 5) is 18.1. The minimum absolute atomic E-state index is 0.0423. The Balaban J connectivity index is 2.54. The van der Waals surface area contributed by atoms with E-state index in [1.54, 1.807) is 7.05 Å². The zero-order valence-electron chi connectivity index (χ0n) is 15.2. The second-order valence-electron chi connectivity index (χ2n) is 6.73. The molecule has 23 heavy (non-hydrogen) atoms. The van der Waals surface area contributed by atoms with Crippen LogP contribution >= 0.6 is 0 Å². The number of aliphatic imine (C=N–C) groups is 1. The maximum Gasteiger partial charge on any atom is 0.239 e. The predicted molar refractivity (Wildman–Crippen MR) is 96.5 cm³/mol. The third-order valence-electron chi connectivity index (χ3n) is 3.35. The normalized spacial score (nSPS) is 12.0. The maximum absolute atomic E-state index is 11.9. The fourth-order valence-corrected chi connectivity index (χ4v) is 2.24. The Kier molecular flexibility index (Phi) is 7.07. The fourth-order valence-electron chi connectivity index (χ4n) is 2.24. The second-order valence-corrected chi connectivity index (χ2v) is 6.73. The standard InChI is InChI=1S/C18H30N4O/c1-7-14-8-10-15(11-9-14)13-22(6)17(19-5)20-12-16(23)21-18(2,3)4/h8-11H,7,12-13H2,1-6H3,(H,19,20)(H,21,23). The number of rotatable bonds is 5. The molecule has 0 aliphatic rings. The average Bonchev–Trinajstić information content (AvgIpc) is 2.46. The topological polar surface area (TPSA) is 56.7 Å². The van der Waals surface area contributed by atoms with Gasteiger partial charge >= 0.3 is 0 Å². The van der Waals surface area contributed by atoms with E-state index in [0.29, 0.717) is 5.96 Å². The van der Waals surface area contributed by atoms with E-state index in [0.717, 1.165) is 13.0 Å². The van der Waals surface area contributed by atoms with Crippen LogP contribution in [0.3, 0.4) is 0 Å². The number of benzene rings is 1. The summed E-state index contributed by atoms with van der Waals surface area (Å²) in [5, 5.41) is 6.02. The van der Waals surface area contributed by atoms with Crippen LogP contribution in [0.2, 0.25) is 0 Å². The lowest BCUT2D eigenvalue weighted by Crippen LogP contribution is -2.48. The van der Waals surface area contributed by atoms with E-state index in [-0.39, 0.29) is 18.0 Å². The summed E-state index contributed by atoms with van der Waals surface area (Å²) in [5.41, 5.74) is 2.32. The zero-order valence-corrected chi connectivity index (χ0v) is 15.2. The summed E-state index contributed by atoms with van der Waals surface area (Å²) in [5.74, 6) is 0.660. The van der Waals surface area contributed by atoms with Crippen molar-refractivity contribution in [2.75, 3.05) is 20.6 Å². The van der Waals surface area contributed by atoms with Crippen molar-refractivity contribution in [3.8, 4) is 0 Å². The molecule has 0 aliphatic carbocycles. The Morgan fingerprint density at radius 2 is 1.74 bits per heavy atom. The average molecular weight is 318 g/mol. The SMILES string of the molecule is CCc1ccc(CN(C)C(=NC)NCC(=O)NC(C)(C)C)cc1. The van der Waals surface area contributed by atoms with Crippen molar-refractivity contribution in [2.24, 2.45) is 4.99 Å². The van der Waals surface area contributed by atoms with Gasteiger partial charge in [0.05, 0.1) is 6.54 Å². The first kappa shape index (κ1) is 19.0. The first-order chi connectivity index (χ1) is 10.7. The van der Waals surface area contributed by atoms with Crippen LogP contribution in [0.15, 0.2) is 29.3 Å². The van der Waals surface area contributed by atoms with Crippen molar-refractivity contribution in [2.45, 2.75) is 46.2 Å². The van der Waals surface area contributed by atoms with Crippen LogP contribution in [0.1, 0.15) is 38.8 Å². The molecule has 1 amide bonds. The van der Waals surface area contributed by atoms with Gasteiger partial charge in [-0.25, -0.2) is 0 Å². The summed E-state index contributed by atoms with van der Waals surface area (Å²) in [6.45, 7) is 8.99. The van der Waals surface area contributed by atoms with Gasteiger partial charge in [0, 0.05) is 26.2 Å². The van der Waals surface area contributed by atoms with Crippen molar-refractivity contribution < 1.29 is 4.79 Å². The van der Waals surface area contributed by atoms with Gasteiger partial charge < -0.3 is 15.5 Å². The summed E-state index contributed by atoms with van der Waals surface area (Å²) < 4.78 is 0. The molecular weight excluding hydrogens is 288 g/mol. The molecule has 1 aromatic carbocycles. The largest absolute Gasteiger partial charge is 0.350 e. The van der Waals surface area contributed by atoms with Gasteiger partial charge in [0.15, 0.2) is 5.96 Å². The van der Waals surface area contributed by atoms with Crippen LogP contribution in [0.5, 0.6) is 0 Å². The number of hydrogen-bond acceptors (Lipinski definition) is 2. The molecule has 5 nitrogen and oxygen atoms in total. The Labute approximate surface area is 140 Å². The zero-order chi connectivity index (χ0) is 17.5. The fraction of sp³-hybridized carbons (Fsp3) is 0.556. The number of carbonyl (C=O) groups excluding carboxylic acids is 1. The van der Waals surface area contributed by atoms with E-state index in [2.05, 4.69) is 46.8 Å². The summed E-state index contributed by atoms with van der Waals surface area (Å²) in [7, 11) is 3.69. The highest BCUT2D eigenvalue weighted by Crippen LogP contribution is 2.07. The molecule has 5 heteroatoms. The smallest absolute Gasteiger partial charge is 0.239 e. The lowest BCUT2D eigenvalue weighted by Gasteiger charge is -2.24. The molecule has 0 fully saturated rings. The second kappa shape index (κ2) is 8.56. The van der Waals surface area contributed by atoms with Gasteiger partial charge in [-0.3, -0.25) is 9.79 Å². The van der Waals surface area contributed by atoms with E-state index in [1.807, 2.05) is 32.7 Å². The predicted octanol–water partition coefficient (Wildman–Crippen LogP) is 2.17. The third kappa shape index (κ3) is 7.17. The highest BCUT2D eigenvalue weighted by Gasteiger charge is 2.14. The molecule has 0 saturated carbocycles. The molecule has 0 saturated heterocycles. The number of carbonyl (C=O) groups is 1. The maximum atomic E-state index is 11.9. The Morgan fingerprint density at radius 3 is 2.22 bits per heavy atom. The van der Waals surface area contributed by atoms with Crippen LogP contribution < -0.4 is 10.6 Å². The van der Waals surface area contributed by atoms with Crippen molar-refractivity contribution in [1.29, 1.82) is 0 Å². The van der Waals surface area contributed by atoms with Gasteiger partial charge in [0.2, 0.25) is 5.91 Å². The van der Waals surface area contributed by atoms with E-state index >= 15 is 0 Å². The minimum Gasteiger partial charge on any atom is -0.350 e. The molecule has 0 unspecified atom stereocenters. The van der Waals surface area contributed by atoms with Crippen molar-refractivity contribution >= 4 is 11.9 Å². The van der Waals surface area contributed by atoms with Crippen LogP contribution in [-0.2, 0) is 17.8 Å². The molecule has 1 aromatic rings. The van der Waals surface area contributed by atoms with Crippen molar-refractivity contribution in [3.05, 3.63) is 35.4 Å². The van der Waals surface area contributed by atoms with Crippen LogP contribution in [0.25, 0.3) is 0 Å². The van der Waals surface area contributed by atoms with Gasteiger partial charge in [-0.15, -0.1) is 0 Å². The number of aryl methyl sites for hydroxylation is 1. The molecule has 0 bridgehead atoms. The number of nitrogens with zero attached hydrogens (tertiary/aromatic N) is 2. The molecule has 128 valence electrons. The first-order valence-electron chi connectivity index (χ1n) is 8.05. The Bertz CT molecular complexity index is 529. The van der Waals surface area contributed by atoms with Gasteiger partial charge in [-0.2, -0.15) is 0 Å². The Hall–Kier alpha value is -2.04. The number of guanidine groups is 1. The van der Waals surface area contributed by atoms with Gasteiger partial charge in [-0.05, 0) is 38.3 Å². The molecule has 0 heterocycles. The minimum atomic E-state index is -0.227. The Morgan fingerprint density at radius 1 is 1.17 bits per heavy atom. The quantitative estimate of drug-likeness (QED) is 0.646. The van der Waals surface area contributed by atoms with Gasteiger partial charge in [-0.1, -0.05) is 31.2 Å². The van der Waals surface area contributed by atoms with Gasteiger partial charge in [0.1, 0.15) is 0 Å². The van der Waals surface area contributed by atoms with E-state index in [4.69, 9.17) is 0 Å². The monoisotopic (exact) mass is 318 g/mol. The molecule has 0 aliphatic heterocycles. The van der Waals surface area contributed by atoms with Gasteiger partial charge in [0.25, 0.3) is 0 Å². The highest BCUT2D eigenvalue weighted by atomic mass is 16.2. The molecule has 0 aromatic heterocycles. The lowest BCUT2D eigenvalue weighted by atomic mass is 10.1. The van der Waals surface area contributed by atoms with E-state index < -0.39 is 0 Å². The van der Waals surface area contributed by atoms with E-state index in [9.17, 15) is 4.79 Å². The molecular formula is C18H30N4O. The van der Waals surface area contributed by atoms with Crippen LogP contribution in [-0.4, -0.2) is 42.9 Å². The molecule has 1 rings (SSSR count). The van der Waals surface area contributed by atoms with Crippen molar-refractivity contribution in [3.63, 3.8) is 0 Å². The molecule has 2 N–H and O–H groups in total. The van der Waals surface area contributed by atoms with Crippen LogP contribution in [0.4, 0.5) is 0 Å². The summed E-state index contributed by atoms with van der Waals surface area (Å²) >= 11 is 0. The summed E-state index contributed by atoms with van der Waals surface area (Å²) in [6.07, 6.45) is 1.04. The molecule has 0 atom stereocenters. The van der Waals surface area contributed by atoms with Crippen LogP contribution in [0, 0.1) is 0 Å². The summed E-state index contributed by atoms with van der Waals surface area (Å²) in [6, 6.07) is 8.57. The third-order valence-corrected chi connectivity index (χ3v) is 3.35. The number of hydrogen-bond donors (Lipinski definition) is 2. The molecule has 0 radical (unpaired) electrons. The number of amides is 1. The highest BCUT2D eigenvalue weighted by molar-refractivity contribution is 5.86. The van der Waals surface area contributed by atoms with Crippen molar-refractivity contribution in [1.82, 2.24) is 15.5 Å². The first-order valence-corrected chi connectivity index (χ1v) is 8.05. The molecule has 0 spiro atoms. The van der Waals surface area contributed by atoms with E-state index in [1.165, 1.54) is 11.1 Å².